The summed E-state index contributed by atoms with van der Waals surface area (Å²) in [4.78, 5) is 10.4. The molecule has 1 aromatic carbocycles. The van der Waals surface area contributed by atoms with Crippen LogP contribution in [-0.4, -0.2) is 6.29 Å². The van der Waals surface area contributed by atoms with Crippen LogP contribution >= 0.6 is 0 Å². The Morgan fingerprint density at radius 2 is 2.00 bits per heavy atom. The number of nitriles is 1. The van der Waals surface area contributed by atoms with Crippen LogP contribution in [0.4, 0.5) is 0 Å². The molecule has 1 aromatic heterocycles. The molecule has 4 nitrogen and oxygen atoms in total. The number of carbonyl (C=O) groups is 1. The van der Waals surface area contributed by atoms with Crippen LogP contribution in [0.3, 0.4) is 0 Å². The molecule has 18 heavy (non-hydrogen) atoms. The zero-order valence-electron chi connectivity index (χ0n) is 9.63. The minimum absolute atomic E-state index is 0.269. The Balaban J connectivity index is 1.93. The zero-order chi connectivity index (χ0) is 12.8. The molecule has 0 radical (unpaired) electrons. The molecule has 0 amide bonds. The van der Waals surface area contributed by atoms with Crippen LogP contribution < -0.4 is 4.74 Å². The molecule has 0 aliphatic carbocycles. The zero-order valence-corrected chi connectivity index (χ0v) is 9.63. The van der Waals surface area contributed by atoms with Gasteiger partial charge in [-0.3, -0.25) is 4.79 Å². The van der Waals surface area contributed by atoms with Crippen molar-refractivity contribution in [3.05, 3.63) is 53.5 Å². The lowest BCUT2D eigenvalue weighted by Crippen LogP contribution is -1.93. The van der Waals surface area contributed by atoms with Gasteiger partial charge < -0.3 is 9.15 Å². The van der Waals surface area contributed by atoms with Gasteiger partial charge in [-0.25, -0.2) is 0 Å². The van der Waals surface area contributed by atoms with Crippen LogP contribution in [0.5, 0.6) is 5.75 Å². The van der Waals surface area contributed by atoms with Crippen molar-refractivity contribution >= 4 is 6.29 Å². The first kappa shape index (κ1) is 11.9. The molecule has 0 fully saturated rings. The van der Waals surface area contributed by atoms with E-state index in [9.17, 15) is 4.79 Å². The summed E-state index contributed by atoms with van der Waals surface area (Å²) in [5, 5.41) is 8.54. The second-order valence-corrected chi connectivity index (χ2v) is 3.69. The van der Waals surface area contributed by atoms with E-state index in [1.165, 1.54) is 0 Å². The van der Waals surface area contributed by atoms with Crippen LogP contribution in [0, 0.1) is 11.3 Å². The van der Waals surface area contributed by atoms with Gasteiger partial charge in [0.05, 0.1) is 12.5 Å². The standard InChI is InChI=1S/C14H11NO3/c15-8-7-11-1-3-12(4-2-11)17-10-14-6-5-13(9-16)18-14/h1-6,9H,7,10H2. The fourth-order valence-electron chi connectivity index (χ4n) is 1.48. The smallest absolute Gasteiger partial charge is 0.185 e. The number of aldehydes is 1. The number of nitrogens with zero attached hydrogens (tertiary/aromatic N) is 1. The topological polar surface area (TPSA) is 63.2 Å². The van der Waals surface area contributed by atoms with Gasteiger partial charge in [0.25, 0.3) is 0 Å². The molecule has 0 saturated carbocycles. The third kappa shape index (κ3) is 2.98. The maximum atomic E-state index is 10.4. The lowest BCUT2D eigenvalue weighted by molar-refractivity contribution is 0.109. The van der Waals surface area contributed by atoms with Crippen LogP contribution in [0.15, 0.2) is 40.8 Å². The number of hydrogen-bond donors (Lipinski definition) is 0. The fourth-order valence-corrected chi connectivity index (χ4v) is 1.48. The molecule has 0 saturated heterocycles. The highest BCUT2D eigenvalue weighted by atomic mass is 16.5. The molecule has 2 aromatic rings. The molecule has 4 heteroatoms. The highest BCUT2D eigenvalue weighted by Gasteiger charge is 2.02. The number of ether oxygens (including phenoxy) is 1. The van der Waals surface area contributed by atoms with Gasteiger partial charge in [0, 0.05) is 0 Å². The van der Waals surface area contributed by atoms with E-state index in [0.717, 1.165) is 5.56 Å². The van der Waals surface area contributed by atoms with Crippen molar-refractivity contribution in [3.8, 4) is 11.8 Å². The van der Waals surface area contributed by atoms with Crippen molar-refractivity contribution in [3.63, 3.8) is 0 Å². The van der Waals surface area contributed by atoms with Crippen molar-refractivity contribution in [2.45, 2.75) is 13.0 Å². The van der Waals surface area contributed by atoms with Gasteiger partial charge >= 0.3 is 0 Å². The molecule has 0 unspecified atom stereocenters. The molecule has 0 N–H and O–H groups in total. The van der Waals surface area contributed by atoms with Crippen LogP contribution in [0.2, 0.25) is 0 Å². The molecule has 1 heterocycles. The summed E-state index contributed by atoms with van der Waals surface area (Å²) in [5.41, 5.74) is 0.950. The maximum Gasteiger partial charge on any atom is 0.185 e. The first-order chi connectivity index (χ1) is 8.81. The van der Waals surface area contributed by atoms with Gasteiger partial charge in [-0.2, -0.15) is 5.26 Å². The predicted molar refractivity (Wildman–Crippen MR) is 64.2 cm³/mol. The molecule has 0 bridgehead atoms. The second-order valence-electron chi connectivity index (χ2n) is 3.69. The van der Waals surface area contributed by atoms with Crippen molar-refractivity contribution in [1.82, 2.24) is 0 Å². The van der Waals surface area contributed by atoms with Crippen molar-refractivity contribution in [1.29, 1.82) is 5.26 Å². The van der Waals surface area contributed by atoms with Gasteiger partial charge in [-0.1, -0.05) is 12.1 Å². The number of rotatable bonds is 5. The minimum atomic E-state index is 0.269. The largest absolute Gasteiger partial charge is 0.486 e. The summed E-state index contributed by atoms with van der Waals surface area (Å²) in [6.07, 6.45) is 1.04. The van der Waals surface area contributed by atoms with Gasteiger partial charge in [-0.15, -0.1) is 0 Å². The Labute approximate surface area is 104 Å². The van der Waals surface area contributed by atoms with E-state index < -0.39 is 0 Å². The summed E-state index contributed by atoms with van der Waals surface area (Å²) in [7, 11) is 0. The molecule has 0 aliphatic heterocycles. The minimum Gasteiger partial charge on any atom is -0.486 e. The second kappa shape index (κ2) is 5.69. The van der Waals surface area contributed by atoms with Gasteiger partial charge in [-0.05, 0) is 29.8 Å². The average molecular weight is 241 g/mol. The molecule has 0 spiro atoms. The SMILES string of the molecule is N#CCc1ccc(OCc2ccc(C=O)o2)cc1. The lowest BCUT2D eigenvalue weighted by Gasteiger charge is -2.04. The summed E-state index contributed by atoms with van der Waals surface area (Å²) in [6.45, 7) is 0.269. The van der Waals surface area contributed by atoms with E-state index in [1.54, 1.807) is 24.3 Å². The number of furan rings is 1. The van der Waals surface area contributed by atoms with Crippen molar-refractivity contribution in [2.24, 2.45) is 0 Å². The van der Waals surface area contributed by atoms with Gasteiger partial charge in [0.2, 0.25) is 0 Å². The first-order valence-corrected chi connectivity index (χ1v) is 5.44. The van der Waals surface area contributed by atoms with E-state index in [1.807, 2.05) is 12.1 Å². The Hall–Kier alpha value is -2.54. The molecular formula is C14H11NO3. The summed E-state index contributed by atoms with van der Waals surface area (Å²) in [6, 6.07) is 12.7. The third-order valence-corrected chi connectivity index (χ3v) is 2.39. The Bertz CT molecular complexity index is 563. The van der Waals surface area contributed by atoms with Gasteiger partial charge in [0.1, 0.15) is 18.1 Å². The van der Waals surface area contributed by atoms with E-state index >= 15 is 0 Å². The molecular weight excluding hydrogens is 230 g/mol. The highest BCUT2D eigenvalue weighted by Crippen LogP contribution is 2.15. The van der Waals surface area contributed by atoms with Crippen molar-refractivity contribution in [2.75, 3.05) is 0 Å². The Morgan fingerprint density at radius 1 is 1.22 bits per heavy atom. The Kier molecular flexibility index (Phi) is 3.77. The monoisotopic (exact) mass is 241 g/mol. The Morgan fingerprint density at radius 3 is 2.61 bits per heavy atom. The number of carbonyl (C=O) groups excluding carboxylic acids is 1. The summed E-state index contributed by atoms with van der Waals surface area (Å²) >= 11 is 0. The average Bonchev–Trinajstić information content (AvgIpc) is 2.86. The molecule has 0 atom stereocenters. The third-order valence-electron chi connectivity index (χ3n) is 2.39. The first-order valence-electron chi connectivity index (χ1n) is 5.44. The van der Waals surface area contributed by atoms with Crippen LogP contribution in [0.1, 0.15) is 21.9 Å². The number of hydrogen-bond acceptors (Lipinski definition) is 4. The van der Waals surface area contributed by atoms with E-state index in [2.05, 4.69) is 6.07 Å². The summed E-state index contributed by atoms with van der Waals surface area (Å²) in [5.74, 6) is 1.58. The molecule has 0 aliphatic rings. The highest BCUT2D eigenvalue weighted by molar-refractivity contribution is 5.70. The molecule has 90 valence electrons. The fraction of sp³-hybridized carbons (Fsp3) is 0.143. The molecule has 2 rings (SSSR count). The van der Waals surface area contributed by atoms with E-state index in [4.69, 9.17) is 14.4 Å². The van der Waals surface area contributed by atoms with Gasteiger partial charge in [0.15, 0.2) is 12.0 Å². The van der Waals surface area contributed by atoms with Crippen LogP contribution in [0.25, 0.3) is 0 Å². The summed E-state index contributed by atoms with van der Waals surface area (Å²) < 4.78 is 10.7. The van der Waals surface area contributed by atoms with Crippen molar-refractivity contribution < 1.29 is 13.9 Å². The quantitative estimate of drug-likeness (QED) is 0.755. The van der Waals surface area contributed by atoms with Crippen LogP contribution in [-0.2, 0) is 13.0 Å². The lowest BCUT2D eigenvalue weighted by atomic mass is 10.2. The maximum absolute atomic E-state index is 10.4. The number of benzene rings is 1. The van der Waals surface area contributed by atoms with E-state index in [-0.39, 0.29) is 12.4 Å². The van der Waals surface area contributed by atoms with E-state index in [0.29, 0.717) is 24.2 Å². The predicted octanol–water partition coefficient (Wildman–Crippen LogP) is 2.74. The normalized spacial score (nSPS) is 9.72.